The summed E-state index contributed by atoms with van der Waals surface area (Å²) in [4.78, 5) is 0. The Morgan fingerprint density at radius 1 is 1.17 bits per heavy atom. The molecule has 1 heterocycles. The standard InChI is InChI=1S/C20H23FO2/c1-3-14-4-6-15(7-5-14)8-10-20(2)11-9-16-12-17(22)13-18(21)19(16)23-20/h4-7,12-13,22H,3,8-11H2,1-2H3. The molecule has 2 aromatic carbocycles. The largest absolute Gasteiger partial charge is 0.508 e. The number of phenols is 1. The van der Waals surface area contributed by atoms with Crippen molar-refractivity contribution in [3.8, 4) is 11.5 Å². The van der Waals surface area contributed by atoms with Gasteiger partial charge in [-0.3, -0.25) is 0 Å². The van der Waals surface area contributed by atoms with E-state index in [9.17, 15) is 9.50 Å². The van der Waals surface area contributed by atoms with E-state index in [1.54, 1.807) is 6.07 Å². The summed E-state index contributed by atoms with van der Waals surface area (Å²) in [5.41, 5.74) is 3.01. The van der Waals surface area contributed by atoms with Crippen LogP contribution in [0.5, 0.6) is 11.5 Å². The Hall–Kier alpha value is -2.03. The molecular formula is C20H23FO2. The van der Waals surface area contributed by atoms with Crippen LogP contribution in [0.15, 0.2) is 36.4 Å². The van der Waals surface area contributed by atoms with Crippen LogP contribution >= 0.6 is 0 Å². The molecule has 1 aliphatic rings. The van der Waals surface area contributed by atoms with Gasteiger partial charge in [-0.25, -0.2) is 4.39 Å². The summed E-state index contributed by atoms with van der Waals surface area (Å²) in [6.07, 6.45) is 4.36. The van der Waals surface area contributed by atoms with Gasteiger partial charge in [-0.2, -0.15) is 0 Å². The molecule has 0 radical (unpaired) electrons. The van der Waals surface area contributed by atoms with Crippen LogP contribution in [0, 0.1) is 5.82 Å². The van der Waals surface area contributed by atoms with Crippen molar-refractivity contribution in [2.75, 3.05) is 0 Å². The molecule has 1 N–H and O–H groups in total. The number of benzene rings is 2. The van der Waals surface area contributed by atoms with Crippen molar-refractivity contribution in [2.24, 2.45) is 0 Å². The fourth-order valence-electron chi connectivity index (χ4n) is 3.16. The number of hydrogen-bond donors (Lipinski definition) is 1. The minimum atomic E-state index is -0.474. The number of rotatable bonds is 4. The summed E-state index contributed by atoms with van der Waals surface area (Å²) in [6.45, 7) is 4.19. The maximum absolute atomic E-state index is 14.0. The van der Waals surface area contributed by atoms with Gasteiger partial charge in [0.1, 0.15) is 11.4 Å². The van der Waals surface area contributed by atoms with Crippen molar-refractivity contribution in [3.05, 3.63) is 58.9 Å². The highest BCUT2D eigenvalue weighted by Gasteiger charge is 2.33. The third kappa shape index (κ3) is 3.49. The maximum Gasteiger partial charge on any atom is 0.169 e. The second-order valence-electron chi connectivity index (χ2n) is 6.64. The van der Waals surface area contributed by atoms with E-state index in [-0.39, 0.29) is 11.4 Å². The Morgan fingerprint density at radius 2 is 1.87 bits per heavy atom. The number of fused-ring (bicyclic) bond motifs is 1. The first-order chi connectivity index (χ1) is 11.0. The normalized spacial score (nSPS) is 20.0. The highest BCUT2D eigenvalue weighted by Crippen LogP contribution is 2.39. The smallest absolute Gasteiger partial charge is 0.169 e. The maximum atomic E-state index is 14.0. The highest BCUT2D eigenvalue weighted by molar-refractivity contribution is 5.43. The summed E-state index contributed by atoms with van der Waals surface area (Å²) in [6, 6.07) is 11.4. The number of ether oxygens (including phenoxy) is 1. The molecular weight excluding hydrogens is 291 g/mol. The number of hydrogen-bond acceptors (Lipinski definition) is 2. The Bertz CT molecular complexity index is 694. The van der Waals surface area contributed by atoms with E-state index in [2.05, 4.69) is 31.2 Å². The van der Waals surface area contributed by atoms with Crippen LogP contribution in [-0.2, 0) is 19.3 Å². The van der Waals surface area contributed by atoms with Gasteiger partial charge >= 0.3 is 0 Å². The quantitative estimate of drug-likeness (QED) is 0.877. The van der Waals surface area contributed by atoms with Crippen LogP contribution in [0.25, 0.3) is 0 Å². The van der Waals surface area contributed by atoms with Gasteiger partial charge in [0, 0.05) is 11.6 Å². The number of phenolic OH excluding ortho intramolecular Hbond substituents is 1. The Balaban J connectivity index is 1.70. The van der Waals surface area contributed by atoms with Gasteiger partial charge in [0.25, 0.3) is 0 Å². The fourth-order valence-corrected chi connectivity index (χ4v) is 3.16. The molecule has 0 saturated carbocycles. The van der Waals surface area contributed by atoms with Gasteiger partial charge in [-0.15, -0.1) is 0 Å². The van der Waals surface area contributed by atoms with Crippen molar-refractivity contribution in [1.29, 1.82) is 0 Å². The lowest BCUT2D eigenvalue weighted by Crippen LogP contribution is -2.37. The SMILES string of the molecule is CCc1ccc(CCC2(C)CCc3cc(O)cc(F)c3O2)cc1. The summed E-state index contributed by atoms with van der Waals surface area (Å²) in [5, 5.41) is 9.50. The van der Waals surface area contributed by atoms with E-state index >= 15 is 0 Å². The van der Waals surface area contributed by atoms with Gasteiger partial charge < -0.3 is 9.84 Å². The lowest BCUT2D eigenvalue weighted by molar-refractivity contribution is 0.0514. The zero-order valence-electron chi connectivity index (χ0n) is 13.7. The third-order valence-electron chi connectivity index (χ3n) is 4.75. The third-order valence-corrected chi connectivity index (χ3v) is 4.75. The van der Waals surface area contributed by atoms with Crippen LogP contribution in [0.3, 0.4) is 0 Å². The highest BCUT2D eigenvalue weighted by atomic mass is 19.1. The fraction of sp³-hybridized carbons (Fsp3) is 0.400. The first kappa shape index (κ1) is 15.9. The lowest BCUT2D eigenvalue weighted by Gasteiger charge is -2.36. The Kier molecular flexibility index (Phi) is 4.29. The van der Waals surface area contributed by atoms with Crippen LogP contribution < -0.4 is 4.74 Å². The van der Waals surface area contributed by atoms with Crippen molar-refractivity contribution >= 4 is 0 Å². The van der Waals surface area contributed by atoms with Crippen LogP contribution in [0.2, 0.25) is 0 Å². The average Bonchev–Trinajstić information content (AvgIpc) is 2.54. The van der Waals surface area contributed by atoms with Crippen molar-refractivity contribution < 1.29 is 14.2 Å². The second kappa shape index (κ2) is 6.23. The predicted octanol–water partition coefficient (Wildman–Crippen LogP) is 4.81. The first-order valence-corrected chi connectivity index (χ1v) is 8.27. The molecule has 0 bridgehead atoms. The number of aromatic hydroxyl groups is 1. The molecule has 1 unspecified atom stereocenters. The minimum absolute atomic E-state index is 0.0375. The Labute approximate surface area is 136 Å². The predicted molar refractivity (Wildman–Crippen MR) is 89.6 cm³/mol. The van der Waals surface area contributed by atoms with Crippen molar-refractivity contribution in [2.45, 2.75) is 51.6 Å². The molecule has 0 spiro atoms. The molecule has 23 heavy (non-hydrogen) atoms. The van der Waals surface area contributed by atoms with Crippen LogP contribution in [0.4, 0.5) is 4.39 Å². The summed E-state index contributed by atoms with van der Waals surface area (Å²) < 4.78 is 20.0. The monoisotopic (exact) mass is 314 g/mol. The van der Waals surface area contributed by atoms with E-state index in [4.69, 9.17) is 4.74 Å². The van der Waals surface area contributed by atoms with Crippen LogP contribution in [-0.4, -0.2) is 10.7 Å². The van der Waals surface area contributed by atoms with Gasteiger partial charge in [-0.05, 0) is 56.2 Å². The molecule has 3 heteroatoms. The topological polar surface area (TPSA) is 29.5 Å². The average molecular weight is 314 g/mol. The van der Waals surface area contributed by atoms with E-state index in [0.29, 0.717) is 5.75 Å². The summed E-state index contributed by atoms with van der Waals surface area (Å²) in [7, 11) is 0. The zero-order valence-corrected chi connectivity index (χ0v) is 13.7. The lowest BCUT2D eigenvalue weighted by atomic mass is 9.87. The molecule has 2 aromatic rings. The summed E-state index contributed by atoms with van der Waals surface area (Å²) >= 11 is 0. The van der Waals surface area contributed by atoms with Gasteiger partial charge in [0.05, 0.1) is 0 Å². The molecule has 0 saturated heterocycles. The molecule has 122 valence electrons. The van der Waals surface area contributed by atoms with E-state index in [1.165, 1.54) is 11.1 Å². The van der Waals surface area contributed by atoms with Gasteiger partial charge in [-0.1, -0.05) is 31.2 Å². The van der Waals surface area contributed by atoms with E-state index in [1.807, 2.05) is 6.92 Å². The molecule has 2 nitrogen and oxygen atoms in total. The molecule has 0 amide bonds. The zero-order chi connectivity index (χ0) is 16.4. The first-order valence-electron chi connectivity index (χ1n) is 8.27. The minimum Gasteiger partial charge on any atom is -0.508 e. The molecule has 3 rings (SSSR count). The molecule has 1 aliphatic heterocycles. The summed E-state index contributed by atoms with van der Waals surface area (Å²) in [5.74, 6) is -0.208. The molecule has 0 aliphatic carbocycles. The van der Waals surface area contributed by atoms with Crippen molar-refractivity contribution in [3.63, 3.8) is 0 Å². The number of halogens is 1. The van der Waals surface area contributed by atoms with E-state index < -0.39 is 5.82 Å². The van der Waals surface area contributed by atoms with Gasteiger partial charge in [0.15, 0.2) is 11.6 Å². The molecule has 1 atom stereocenters. The van der Waals surface area contributed by atoms with Crippen LogP contribution in [0.1, 0.15) is 43.4 Å². The second-order valence-corrected chi connectivity index (χ2v) is 6.64. The van der Waals surface area contributed by atoms with E-state index in [0.717, 1.165) is 43.7 Å². The van der Waals surface area contributed by atoms with Crippen molar-refractivity contribution in [1.82, 2.24) is 0 Å². The Morgan fingerprint density at radius 3 is 2.57 bits per heavy atom. The molecule has 0 aromatic heterocycles. The van der Waals surface area contributed by atoms with Gasteiger partial charge in [0.2, 0.25) is 0 Å². The number of aryl methyl sites for hydroxylation is 3. The molecule has 0 fully saturated rings.